The minimum atomic E-state index is -1.26. The number of carbonyl (C=O) groups is 1. The molecule has 0 spiro atoms. The van der Waals surface area contributed by atoms with Crippen molar-refractivity contribution in [2.75, 3.05) is 14.2 Å². The van der Waals surface area contributed by atoms with Gasteiger partial charge in [-0.15, -0.1) is 0 Å². The molecule has 2 atom stereocenters. The lowest BCUT2D eigenvalue weighted by Gasteiger charge is -2.10. The van der Waals surface area contributed by atoms with Crippen molar-refractivity contribution < 1.29 is 22.9 Å². The summed E-state index contributed by atoms with van der Waals surface area (Å²) < 4.78 is 34.8. The van der Waals surface area contributed by atoms with Crippen molar-refractivity contribution in [3.63, 3.8) is 0 Å². The highest BCUT2D eigenvalue weighted by Crippen LogP contribution is 2.19. The first-order chi connectivity index (χ1) is 8.97. The predicted molar refractivity (Wildman–Crippen MR) is 70.9 cm³/mol. The Labute approximate surface area is 114 Å². The zero-order valence-corrected chi connectivity index (χ0v) is 12.0. The zero-order valence-electron chi connectivity index (χ0n) is 11.1. The van der Waals surface area contributed by atoms with Crippen LogP contribution in [0.15, 0.2) is 18.2 Å². The summed E-state index contributed by atoms with van der Waals surface area (Å²) >= 11 is 0. The van der Waals surface area contributed by atoms with Crippen LogP contribution >= 0.6 is 0 Å². The highest BCUT2D eigenvalue weighted by Gasteiger charge is 2.17. The molecule has 0 fully saturated rings. The number of ether oxygens (including phenoxy) is 2. The van der Waals surface area contributed by atoms with Gasteiger partial charge in [-0.1, -0.05) is 13.0 Å². The van der Waals surface area contributed by atoms with Gasteiger partial charge in [-0.25, -0.2) is 4.39 Å². The van der Waals surface area contributed by atoms with E-state index in [-0.39, 0.29) is 23.2 Å². The first kappa shape index (κ1) is 15.6. The molecule has 0 aliphatic rings. The minimum Gasteiger partial charge on any atom is -0.494 e. The van der Waals surface area contributed by atoms with E-state index in [1.807, 2.05) is 0 Å². The maximum Gasteiger partial charge on any atom is 0.306 e. The van der Waals surface area contributed by atoms with Gasteiger partial charge in [0.2, 0.25) is 0 Å². The van der Waals surface area contributed by atoms with Gasteiger partial charge in [-0.2, -0.15) is 0 Å². The van der Waals surface area contributed by atoms with E-state index >= 15 is 0 Å². The highest BCUT2D eigenvalue weighted by molar-refractivity contribution is 7.84. The van der Waals surface area contributed by atoms with Gasteiger partial charge in [0.1, 0.15) is 0 Å². The average Bonchev–Trinajstić information content (AvgIpc) is 2.38. The van der Waals surface area contributed by atoms with Crippen LogP contribution in [0.5, 0.6) is 5.75 Å². The van der Waals surface area contributed by atoms with Crippen LogP contribution in [0.1, 0.15) is 18.9 Å². The summed E-state index contributed by atoms with van der Waals surface area (Å²) in [4.78, 5) is 11.1. The molecule has 0 bridgehead atoms. The monoisotopic (exact) mass is 288 g/mol. The van der Waals surface area contributed by atoms with Crippen molar-refractivity contribution in [3.8, 4) is 5.75 Å². The molecule has 1 rings (SSSR count). The van der Waals surface area contributed by atoms with Crippen LogP contribution in [0.2, 0.25) is 0 Å². The summed E-state index contributed by atoms with van der Waals surface area (Å²) in [5.41, 5.74) is 0.605. The normalized spacial score (nSPS) is 13.7. The van der Waals surface area contributed by atoms with E-state index in [4.69, 9.17) is 4.74 Å². The molecule has 2 unspecified atom stereocenters. The number of benzene rings is 1. The molecule has 4 nitrogen and oxygen atoms in total. The molecule has 0 aliphatic carbocycles. The van der Waals surface area contributed by atoms with Crippen LogP contribution in [-0.4, -0.2) is 29.6 Å². The number of rotatable bonds is 6. The van der Waals surface area contributed by atoms with Gasteiger partial charge in [-0.3, -0.25) is 9.00 Å². The second-order valence-electron chi connectivity index (χ2n) is 4.08. The average molecular weight is 288 g/mol. The fourth-order valence-electron chi connectivity index (χ4n) is 1.52. The summed E-state index contributed by atoms with van der Waals surface area (Å²) in [6.45, 7) is 1.70. The molecular formula is C13H17FO4S. The van der Waals surface area contributed by atoms with Crippen molar-refractivity contribution in [2.45, 2.75) is 24.3 Å². The lowest BCUT2D eigenvalue weighted by atomic mass is 10.2. The molecule has 0 heterocycles. The number of hydrogen-bond acceptors (Lipinski definition) is 4. The first-order valence-corrected chi connectivity index (χ1v) is 7.12. The van der Waals surface area contributed by atoms with E-state index in [1.54, 1.807) is 13.0 Å². The van der Waals surface area contributed by atoms with Gasteiger partial charge in [0.15, 0.2) is 11.6 Å². The van der Waals surface area contributed by atoms with Crippen LogP contribution in [-0.2, 0) is 26.1 Å². The number of methoxy groups -OCH3 is 2. The molecule has 1 aromatic carbocycles. The molecule has 0 aliphatic heterocycles. The fraction of sp³-hybridized carbons (Fsp3) is 0.462. The predicted octanol–water partition coefficient (Wildman–Crippen LogP) is 2.03. The van der Waals surface area contributed by atoms with Crippen LogP contribution in [0, 0.1) is 5.82 Å². The second-order valence-corrected chi connectivity index (χ2v) is 5.94. The Kier molecular flexibility index (Phi) is 5.95. The maximum absolute atomic E-state index is 13.5. The number of hydrogen-bond donors (Lipinski definition) is 0. The molecule has 6 heteroatoms. The van der Waals surface area contributed by atoms with E-state index in [9.17, 15) is 13.4 Å². The molecule has 0 saturated carbocycles. The Bertz CT molecular complexity index is 476. The van der Waals surface area contributed by atoms with Crippen LogP contribution in [0.3, 0.4) is 0 Å². The minimum absolute atomic E-state index is 0.0851. The highest BCUT2D eigenvalue weighted by atomic mass is 32.2. The lowest BCUT2D eigenvalue weighted by Crippen LogP contribution is -2.18. The van der Waals surface area contributed by atoms with E-state index in [0.29, 0.717) is 5.56 Å². The first-order valence-electron chi connectivity index (χ1n) is 5.74. The molecule has 0 radical (unpaired) electrons. The Morgan fingerprint density at radius 2 is 2.11 bits per heavy atom. The third-order valence-corrected chi connectivity index (χ3v) is 4.34. The van der Waals surface area contributed by atoms with Crippen LogP contribution in [0.25, 0.3) is 0 Å². The molecule has 1 aromatic rings. The third-order valence-electron chi connectivity index (χ3n) is 2.66. The van der Waals surface area contributed by atoms with Crippen molar-refractivity contribution in [3.05, 3.63) is 29.6 Å². The molecule has 0 amide bonds. The van der Waals surface area contributed by atoms with Gasteiger partial charge < -0.3 is 9.47 Å². The molecule has 0 aromatic heterocycles. The van der Waals surface area contributed by atoms with Gasteiger partial charge in [0.05, 0.1) is 20.6 Å². The fourth-order valence-corrected chi connectivity index (χ4v) is 2.63. The van der Waals surface area contributed by atoms with Crippen molar-refractivity contribution in [1.82, 2.24) is 0 Å². The second kappa shape index (κ2) is 7.23. The smallest absolute Gasteiger partial charge is 0.306 e. The van der Waals surface area contributed by atoms with E-state index in [0.717, 1.165) is 0 Å². The van der Waals surface area contributed by atoms with Crippen LogP contribution in [0.4, 0.5) is 4.39 Å². The van der Waals surface area contributed by atoms with Gasteiger partial charge in [0, 0.05) is 21.8 Å². The van der Waals surface area contributed by atoms with E-state index < -0.39 is 22.6 Å². The number of carbonyl (C=O) groups excluding carboxylic acids is 1. The third kappa shape index (κ3) is 4.63. The Morgan fingerprint density at radius 1 is 1.42 bits per heavy atom. The van der Waals surface area contributed by atoms with Gasteiger partial charge in [0.25, 0.3) is 0 Å². The topological polar surface area (TPSA) is 52.6 Å². The summed E-state index contributed by atoms with van der Waals surface area (Å²) in [5.74, 6) is -0.546. The number of halogens is 1. The largest absolute Gasteiger partial charge is 0.494 e. The van der Waals surface area contributed by atoms with E-state index in [2.05, 4.69) is 4.74 Å². The van der Waals surface area contributed by atoms with Crippen LogP contribution < -0.4 is 4.74 Å². The molecule has 0 N–H and O–H groups in total. The van der Waals surface area contributed by atoms with E-state index in [1.165, 1.54) is 26.4 Å². The Hall–Kier alpha value is -1.43. The van der Waals surface area contributed by atoms with Crippen molar-refractivity contribution in [2.24, 2.45) is 0 Å². The Balaban J connectivity index is 2.66. The molecule has 0 saturated heterocycles. The Morgan fingerprint density at radius 3 is 2.63 bits per heavy atom. The zero-order chi connectivity index (χ0) is 14.4. The summed E-state index contributed by atoms with van der Waals surface area (Å²) in [7, 11) is 1.41. The summed E-state index contributed by atoms with van der Waals surface area (Å²) in [6, 6.07) is 4.44. The molecule has 19 heavy (non-hydrogen) atoms. The molecule has 106 valence electrons. The standard InChI is InChI=1S/C13H17FO4S/c1-9(6-13(15)18-3)19(16)8-10-4-5-12(17-2)11(14)7-10/h4-5,7,9H,6,8H2,1-3H3. The van der Waals surface area contributed by atoms with Gasteiger partial charge >= 0.3 is 5.97 Å². The van der Waals surface area contributed by atoms with Gasteiger partial charge in [-0.05, 0) is 17.7 Å². The lowest BCUT2D eigenvalue weighted by molar-refractivity contribution is -0.140. The SMILES string of the molecule is COC(=O)CC(C)S(=O)Cc1ccc(OC)c(F)c1. The van der Waals surface area contributed by atoms with Crippen molar-refractivity contribution >= 4 is 16.8 Å². The quantitative estimate of drug-likeness (QED) is 0.752. The number of esters is 1. The van der Waals surface area contributed by atoms with Crippen molar-refractivity contribution in [1.29, 1.82) is 0 Å². The summed E-state index contributed by atoms with van der Waals surface area (Å²) in [6.07, 6.45) is 0.0851. The summed E-state index contributed by atoms with van der Waals surface area (Å²) in [5, 5.41) is -0.336. The maximum atomic E-state index is 13.5. The molecular weight excluding hydrogens is 271 g/mol.